The Balaban J connectivity index is 2.55. The van der Waals surface area contributed by atoms with Gasteiger partial charge in [0.1, 0.15) is 5.69 Å². The van der Waals surface area contributed by atoms with Crippen molar-refractivity contribution in [3.8, 4) is 11.8 Å². The lowest BCUT2D eigenvalue weighted by Gasteiger charge is -1.95. The van der Waals surface area contributed by atoms with Crippen LogP contribution in [0.5, 0.6) is 0 Å². The van der Waals surface area contributed by atoms with Crippen LogP contribution >= 0.6 is 0 Å². The van der Waals surface area contributed by atoms with E-state index < -0.39 is 0 Å². The lowest BCUT2D eigenvalue weighted by atomic mass is 10.3. The van der Waals surface area contributed by atoms with E-state index in [1.54, 1.807) is 6.20 Å². The van der Waals surface area contributed by atoms with Crippen LogP contribution in [0.25, 0.3) is 0 Å². The van der Waals surface area contributed by atoms with E-state index in [9.17, 15) is 0 Å². The fourth-order valence-electron chi connectivity index (χ4n) is 1.01. The van der Waals surface area contributed by atoms with Crippen molar-refractivity contribution in [2.75, 3.05) is 6.61 Å². The largest absolute Gasteiger partial charge is 0.396 e. The summed E-state index contributed by atoms with van der Waals surface area (Å²) in [4.78, 5) is 0. The van der Waals surface area contributed by atoms with Gasteiger partial charge in [0.25, 0.3) is 0 Å². The number of rotatable bonds is 3. The molecule has 0 aliphatic heterocycles. The first-order valence-electron chi connectivity index (χ1n) is 4.50. The van der Waals surface area contributed by atoms with Crippen molar-refractivity contribution in [2.45, 2.75) is 26.3 Å². The molecule has 0 unspecified atom stereocenters. The molecular formula is C10H14N2O. The zero-order valence-electron chi connectivity index (χ0n) is 7.82. The Morgan fingerprint density at radius 3 is 3.15 bits per heavy atom. The molecule has 0 amide bonds. The van der Waals surface area contributed by atoms with Crippen LogP contribution in [-0.2, 0) is 6.54 Å². The zero-order chi connectivity index (χ0) is 9.52. The molecule has 1 heterocycles. The smallest absolute Gasteiger partial charge is 0.111 e. The second-order valence-corrected chi connectivity index (χ2v) is 2.66. The molecule has 0 atom stereocenters. The first kappa shape index (κ1) is 9.82. The van der Waals surface area contributed by atoms with Gasteiger partial charge in [-0.25, -0.2) is 0 Å². The van der Waals surface area contributed by atoms with E-state index in [4.69, 9.17) is 5.11 Å². The Bertz CT molecular complexity index is 306. The molecule has 1 aromatic rings. The first-order chi connectivity index (χ1) is 6.38. The van der Waals surface area contributed by atoms with Crippen LogP contribution in [0.2, 0.25) is 0 Å². The van der Waals surface area contributed by atoms with Crippen LogP contribution in [0.1, 0.15) is 25.5 Å². The molecule has 0 radical (unpaired) electrons. The second kappa shape index (κ2) is 5.39. The number of unbranched alkanes of at least 4 members (excludes halogenated alkanes) is 1. The number of aromatic nitrogens is 2. The van der Waals surface area contributed by atoms with Crippen LogP contribution in [0.3, 0.4) is 0 Å². The summed E-state index contributed by atoms with van der Waals surface area (Å²) in [5.74, 6) is 6.01. The predicted octanol–water partition coefficient (Wildman–Crippen LogP) is 1.03. The minimum atomic E-state index is 0.210. The van der Waals surface area contributed by atoms with Crippen molar-refractivity contribution in [1.82, 2.24) is 9.78 Å². The van der Waals surface area contributed by atoms with Crippen molar-refractivity contribution in [3.05, 3.63) is 18.0 Å². The maximum Gasteiger partial charge on any atom is 0.111 e. The summed E-state index contributed by atoms with van der Waals surface area (Å²) >= 11 is 0. The van der Waals surface area contributed by atoms with Gasteiger partial charge in [0, 0.05) is 19.6 Å². The quantitative estimate of drug-likeness (QED) is 0.554. The normalized spacial score (nSPS) is 9.38. The van der Waals surface area contributed by atoms with Crippen LogP contribution in [0.4, 0.5) is 0 Å². The van der Waals surface area contributed by atoms with Gasteiger partial charge in [0.05, 0.1) is 6.20 Å². The Morgan fingerprint density at radius 2 is 2.46 bits per heavy atom. The van der Waals surface area contributed by atoms with Gasteiger partial charge in [-0.05, 0) is 25.3 Å². The van der Waals surface area contributed by atoms with E-state index >= 15 is 0 Å². The maximum absolute atomic E-state index is 8.54. The number of nitrogens with zero attached hydrogens (tertiary/aromatic N) is 2. The molecule has 3 heteroatoms. The third-order valence-corrected chi connectivity index (χ3v) is 1.69. The van der Waals surface area contributed by atoms with Gasteiger partial charge in [-0.15, -0.1) is 0 Å². The van der Waals surface area contributed by atoms with Crippen molar-refractivity contribution < 1.29 is 5.11 Å². The third kappa shape index (κ3) is 2.92. The van der Waals surface area contributed by atoms with E-state index in [1.165, 1.54) is 0 Å². The molecule has 0 bridgehead atoms. The van der Waals surface area contributed by atoms with Crippen LogP contribution in [0.15, 0.2) is 12.3 Å². The fraction of sp³-hybridized carbons (Fsp3) is 0.500. The molecule has 70 valence electrons. The molecule has 1 N–H and O–H groups in total. The molecule has 1 rings (SSSR count). The maximum atomic E-state index is 8.54. The van der Waals surface area contributed by atoms with Crippen molar-refractivity contribution in [2.24, 2.45) is 0 Å². The van der Waals surface area contributed by atoms with Gasteiger partial charge in [0.2, 0.25) is 0 Å². The van der Waals surface area contributed by atoms with Gasteiger partial charge in [-0.2, -0.15) is 5.10 Å². The summed E-state index contributed by atoms with van der Waals surface area (Å²) in [6.45, 7) is 3.09. The molecule has 0 fully saturated rings. The molecule has 0 spiro atoms. The highest BCUT2D eigenvalue weighted by molar-refractivity contribution is 5.26. The number of hydrogen-bond acceptors (Lipinski definition) is 2. The molecule has 0 aliphatic carbocycles. The summed E-state index contributed by atoms with van der Waals surface area (Å²) in [5.41, 5.74) is 0.945. The van der Waals surface area contributed by atoms with Gasteiger partial charge < -0.3 is 5.11 Å². The van der Waals surface area contributed by atoms with E-state index in [2.05, 4.69) is 16.9 Å². The topological polar surface area (TPSA) is 38.0 Å². The second-order valence-electron chi connectivity index (χ2n) is 2.66. The predicted molar refractivity (Wildman–Crippen MR) is 51.1 cm³/mol. The third-order valence-electron chi connectivity index (χ3n) is 1.69. The SMILES string of the molecule is CCn1nccc1C#CCCCO. The number of aliphatic hydroxyl groups excluding tert-OH is 1. The lowest BCUT2D eigenvalue weighted by molar-refractivity contribution is 0.290. The van der Waals surface area contributed by atoms with Crippen molar-refractivity contribution in [3.63, 3.8) is 0 Å². The Kier molecular flexibility index (Phi) is 4.07. The number of aryl methyl sites for hydroxylation is 1. The number of hydrogen-bond donors (Lipinski definition) is 1. The fourth-order valence-corrected chi connectivity index (χ4v) is 1.01. The van der Waals surface area contributed by atoms with E-state index in [0.717, 1.165) is 25.1 Å². The van der Waals surface area contributed by atoms with Gasteiger partial charge in [0.15, 0.2) is 0 Å². The summed E-state index contributed by atoms with van der Waals surface area (Å²) in [7, 11) is 0. The van der Waals surface area contributed by atoms with Crippen LogP contribution in [0, 0.1) is 11.8 Å². The summed E-state index contributed by atoms with van der Waals surface area (Å²) in [5, 5.41) is 12.6. The molecule has 0 saturated carbocycles. The average Bonchev–Trinajstić information content (AvgIpc) is 2.60. The van der Waals surface area contributed by atoms with Crippen molar-refractivity contribution in [1.29, 1.82) is 0 Å². The van der Waals surface area contributed by atoms with E-state index in [1.807, 2.05) is 17.7 Å². The highest BCUT2D eigenvalue weighted by Crippen LogP contribution is 1.96. The highest BCUT2D eigenvalue weighted by Gasteiger charge is 1.93. The molecule has 3 nitrogen and oxygen atoms in total. The van der Waals surface area contributed by atoms with Crippen LogP contribution < -0.4 is 0 Å². The van der Waals surface area contributed by atoms with Crippen molar-refractivity contribution >= 4 is 0 Å². The standard InChI is InChI=1S/C10H14N2O/c1-2-12-10(7-8-11-12)6-4-3-5-9-13/h7-8,13H,2-3,5,9H2,1H3. The molecule has 0 saturated heterocycles. The first-order valence-corrected chi connectivity index (χ1v) is 4.50. The highest BCUT2D eigenvalue weighted by atomic mass is 16.2. The molecular weight excluding hydrogens is 164 g/mol. The van der Waals surface area contributed by atoms with Gasteiger partial charge in [-0.1, -0.05) is 5.92 Å². The molecule has 13 heavy (non-hydrogen) atoms. The minimum Gasteiger partial charge on any atom is -0.396 e. The Labute approximate surface area is 78.4 Å². The number of aliphatic hydroxyl groups is 1. The lowest BCUT2D eigenvalue weighted by Crippen LogP contribution is -1.98. The summed E-state index contributed by atoms with van der Waals surface area (Å²) < 4.78 is 1.85. The molecule has 1 aromatic heterocycles. The summed E-state index contributed by atoms with van der Waals surface area (Å²) in [6, 6.07) is 1.90. The molecule has 0 aliphatic rings. The van der Waals surface area contributed by atoms with E-state index in [0.29, 0.717) is 0 Å². The monoisotopic (exact) mass is 178 g/mol. The van der Waals surface area contributed by atoms with Crippen LogP contribution in [-0.4, -0.2) is 21.5 Å². The average molecular weight is 178 g/mol. The van der Waals surface area contributed by atoms with Gasteiger partial charge >= 0.3 is 0 Å². The summed E-state index contributed by atoms with van der Waals surface area (Å²) in [6.07, 6.45) is 3.23. The Morgan fingerprint density at radius 1 is 1.62 bits per heavy atom. The zero-order valence-corrected chi connectivity index (χ0v) is 7.82. The molecule has 0 aromatic carbocycles. The minimum absolute atomic E-state index is 0.210. The Hall–Kier alpha value is -1.27. The van der Waals surface area contributed by atoms with E-state index in [-0.39, 0.29) is 6.61 Å². The van der Waals surface area contributed by atoms with Gasteiger partial charge in [-0.3, -0.25) is 4.68 Å².